The van der Waals surface area contributed by atoms with Gasteiger partial charge in [0.25, 0.3) is 0 Å². The molecular weight excluding hydrogens is 232 g/mol. The Morgan fingerprint density at radius 1 is 1.47 bits per heavy atom. The second-order valence-corrected chi connectivity index (χ2v) is 6.81. The van der Waals surface area contributed by atoms with Crippen LogP contribution in [-0.2, 0) is 9.84 Å². The molecule has 0 bridgehead atoms. The van der Waals surface area contributed by atoms with Crippen LogP contribution < -0.4 is 0 Å². The van der Waals surface area contributed by atoms with Gasteiger partial charge < -0.3 is 5.01 Å². The molecule has 0 aliphatic carbocycles. The normalized spacial score (nSPS) is 21.3. The molecule has 0 atom stereocenters. The largest absolute Gasteiger partial charge is 0.303 e. The van der Waals surface area contributed by atoms with Crippen LogP contribution in [0.5, 0.6) is 0 Å². The first-order chi connectivity index (χ1) is 7.00. The fourth-order valence-corrected chi connectivity index (χ4v) is 4.37. The van der Waals surface area contributed by atoms with Gasteiger partial charge in [-0.2, -0.15) is 5.10 Å². The molecule has 2 heterocycles. The molecule has 82 valence electrons. The van der Waals surface area contributed by atoms with Crippen molar-refractivity contribution in [3.8, 4) is 0 Å². The number of hydrogen-bond acceptors (Lipinski definition) is 5. The molecule has 0 amide bonds. The first-order valence-electron chi connectivity index (χ1n) is 4.56. The summed E-state index contributed by atoms with van der Waals surface area (Å²) < 4.78 is 23.9. The van der Waals surface area contributed by atoms with Crippen molar-refractivity contribution < 1.29 is 8.42 Å². The molecule has 0 spiro atoms. The van der Waals surface area contributed by atoms with Crippen LogP contribution in [0, 0.1) is 0 Å². The van der Waals surface area contributed by atoms with E-state index in [2.05, 4.69) is 5.10 Å². The van der Waals surface area contributed by atoms with Crippen molar-refractivity contribution >= 4 is 26.9 Å². The third-order valence-corrected chi connectivity index (χ3v) is 5.43. The monoisotopic (exact) mass is 244 g/mol. The summed E-state index contributed by atoms with van der Waals surface area (Å²) in [6.45, 7) is 0. The van der Waals surface area contributed by atoms with E-state index in [0.717, 1.165) is 11.3 Å². The summed E-state index contributed by atoms with van der Waals surface area (Å²) in [5.41, 5.74) is 1.64. The van der Waals surface area contributed by atoms with E-state index < -0.39 is 9.84 Å². The van der Waals surface area contributed by atoms with Gasteiger partial charge in [0.2, 0.25) is 0 Å². The maximum Gasteiger partial charge on any atom is 0.188 e. The molecule has 1 aliphatic heterocycles. The van der Waals surface area contributed by atoms with Gasteiger partial charge >= 0.3 is 0 Å². The first kappa shape index (κ1) is 10.6. The van der Waals surface area contributed by atoms with E-state index in [4.69, 9.17) is 0 Å². The number of rotatable bonds is 1. The minimum atomic E-state index is -3.05. The lowest BCUT2D eigenvalue weighted by molar-refractivity contribution is 0.436. The van der Waals surface area contributed by atoms with Crippen LogP contribution in [-0.4, -0.2) is 39.0 Å². The van der Waals surface area contributed by atoms with E-state index in [0.29, 0.717) is 10.6 Å². The van der Waals surface area contributed by atoms with Gasteiger partial charge in [0, 0.05) is 26.1 Å². The molecule has 1 aromatic heterocycles. The summed E-state index contributed by atoms with van der Waals surface area (Å²) in [4.78, 5) is 0. The number of sulfone groups is 1. The fraction of sp³-hybridized carbons (Fsp3) is 0.444. The number of hydrazone groups is 1. The fourth-order valence-electron chi connectivity index (χ4n) is 1.55. The van der Waals surface area contributed by atoms with Gasteiger partial charge in [-0.25, -0.2) is 8.42 Å². The summed E-state index contributed by atoms with van der Waals surface area (Å²) in [6, 6.07) is 1.83. The molecule has 0 radical (unpaired) electrons. The molecule has 1 aromatic rings. The smallest absolute Gasteiger partial charge is 0.188 e. The zero-order valence-corrected chi connectivity index (χ0v) is 10.2. The highest BCUT2D eigenvalue weighted by Crippen LogP contribution is 2.30. The predicted molar refractivity (Wildman–Crippen MR) is 61.2 cm³/mol. The van der Waals surface area contributed by atoms with Crippen molar-refractivity contribution in [2.75, 3.05) is 19.8 Å². The molecule has 15 heavy (non-hydrogen) atoms. The second-order valence-electron chi connectivity index (χ2n) is 3.58. The second kappa shape index (κ2) is 3.61. The lowest BCUT2D eigenvalue weighted by atomic mass is 10.1. The summed E-state index contributed by atoms with van der Waals surface area (Å²) in [5, 5.41) is 7.82. The molecule has 1 aliphatic rings. The quantitative estimate of drug-likeness (QED) is 0.697. The van der Waals surface area contributed by atoms with E-state index in [1.54, 1.807) is 10.4 Å². The maximum absolute atomic E-state index is 11.7. The Morgan fingerprint density at radius 3 is 2.87 bits per heavy atom. The van der Waals surface area contributed by atoms with Crippen LogP contribution in [0.15, 0.2) is 20.8 Å². The Labute approximate surface area is 93.1 Å². The van der Waals surface area contributed by atoms with Gasteiger partial charge in [0.15, 0.2) is 9.84 Å². The maximum atomic E-state index is 11.7. The van der Waals surface area contributed by atoms with E-state index in [1.807, 2.05) is 20.2 Å². The minimum Gasteiger partial charge on any atom is -0.303 e. The molecular formula is C9H12N2O2S2. The van der Waals surface area contributed by atoms with Crippen molar-refractivity contribution in [1.82, 2.24) is 5.01 Å². The van der Waals surface area contributed by atoms with Crippen LogP contribution in [0.1, 0.15) is 12.0 Å². The Balaban J connectivity index is 2.54. The summed E-state index contributed by atoms with van der Waals surface area (Å²) in [6.07, 6.45) is 0.504. The lowest BCUT2D eigenvalue weighted by Crippen LogP contribution is -2.22. The van der Waals surface area contributed by atoms with Crippen LogP contribution in [0.25, 0.3) is 0 Å². The number of nitrogens with zero attached hydrogens (tertiary/aromatic N) is 2. The molecule has 0 saturated heterocycles. The number of fused-ring (bicyclic) bond motifs is 1. The summed E-state index contributed by atoms with van der Waals surface area (Å²) >= 11 is 1.28. The van der Waals surface area contributed by atoms with Gasteiger partial charge in [-0.1, -0.05) is 0 Å². The van der Waals surface area contributed by atoms with Gasteiger partial charge in [-0.05, 0) is 11.4 Å². The topological polar surface area (TPSA) is 49.7 Å². The predicted octanol–water partition coefficient (Wildman–Crippen LogP) is 1.19. The molecule has 4 nitrogen and oxygen atoms in total. The van der Waals surface area contributed by atoms with Crippen molar-refractivity contribution in [1.29, 1.82) is 0 Å². The van der Waals surface area contributed by atoms with Crippen LogP contribution >= 0.6 is 11.3 Å². The summed E-state index contributed by atoms with van der Waals surface area (Å²) in [7, 11) is 0.623. The minimum absolute atomic E-state index is 0.174. The van der Waals surface area contributed by atoms with E-state index in [1.165, 1.54) is 11.3 Å². The van der Waals surface area contributed by atoms with Crippen molar-refractivity contribution in [3.63, 3.8) is 0 Å². The van der Waals surface area contributed by atoms with Gasteiger partial charge in [-0.15, -0.1) is 11.3 Å². The van der Waals surface area contributed by atoms with Gasteiger partial charge in [-0.3, -0.25) is 0 Å². The molecule has 0 N–H and O–H groups in total. The highest BCUT2D eigenvalue weighted by molar-refractivity contribution is 7.93. The van der Waals surface area contributed by atoms with Crippen LogP contribution in [0.3, 0.4) is 0 Å². The zero-order chi connectivity index (χ0) is 11.1. The SMILES string of the molecule is CN(C)/N=C1/CCS(=O)(=O)c2sccc21. The van der Waals surface area contributed by atoms with E-state index in [9.17, 15) is 8.42 Å². The van der Waals surface area contributed by atoms with Gasteiger partial charge in [0.05, 0.1) is 11.5 Å². The van der Waals surface area contributed by atoms with Crippen molar-refractivity contribution in [2.45, 2.75) is 10.6 Å². The van der Waals surface area contributed by atoms with Crippen molar-refractivity contribution in [2.24, 2.45) is 5.10 Å². The third kappa shape index (κ3) is 1.91. The van der Waals surface area contributed by atoms with E-state index in [-0.39, 0.29) is 5.75 Å². The average molecular weight is 244 g/mol. The van der Waals surface area contributed by atoms with Crippen molar-refractivity contribution in [3.05, 3.63) is 17.0 Å². The standard InChI is InChI=1S/C9H12N2O2S2/c1-11(2)10-8-4-6-15(12,13)9-7(8)3-5-14-9/h3,5H,4,6H2,1-2H3/b10-8-. The summed E-state index contributed by atoms with van der Waals surface area (Å²) in [5.74, 6) is 0.174. The number of hydrogen-bond donors (Lipinski definition) is 0. The average Bonchev–Trinajstić information content (AvgIpc) is 2.59. The Bertz CT molecular complexity index is 500. The zero-order valence-electron chi connectivity index (χ0n) is 8.60. The van der Waals surface area contributed by atoms with E-state index >= 15 is 0 Å². The number of thiophene rings is 1. The highest BCUT2D eigenvalue weighted by atomic mass is 32.2. The molecule has 0 saturated carbocycles. The molecule has 0 aromatic carbocycles. The molecule has 6 heteroatoms. The van der Waals surface area contributed by atoms with Gasteiger partial charge in [0.1, 0.15) is 4.21 Å². The highest BCUT2D eigenvalue weighted by Gasteiger charge is 2.29. The lowest BCUT2D eigenvalue weighted by Gasteiger charge is -2.16. The molecule has 0 unspecified atom stereocenters. The Kier molecular flexibility index (Phi) is 2.56. The molecule has 2 rings (SSSR count). The molecule has 0 fully saturated rings. The Hall–Kier alpha value is -0.880. The third-order valence-electron chi connectivity index (χ3n) is 2.15. The van der Waals surface area contributed by atoms with Crippen LogP contribution in [0.2, 0.25) is 0 Å². The Morgan fingerprint density at radius 2 is 2.20 bits per heavy atom. The van der Waals surface area contributed by atoms with Crippen LogP contribution in [0.4, 0.5) is 0 Å². The first-order valence-corrected chi connectivity index (χ1v) is 7.09.